The van der Waals surface area contributed by atoms with Crippen molar-refractivity contribution in [2.45, 2.75) is 23.1 Å². The summed E-state index contributed by atoms with van der Waals surface area (Å²) in [6.45, 7) is 0. The Labute approximate surface area is 145 Å². The van der Waals surface area contributed by atoms with Crippen molar-refractivity contribution in [3.63, 3.8) is 0 Å². The molecule has 6 heteroatoms. The molecule has 0 saturated heterocycles. The molecule has 1 aromatic carbocycles. The molecule has 1 aromatic heterocycles. The van der Waals surface area contributed by atoms with Crippen molar-refractivity contribution in [2.24, 2.45) is 5.73 Å². The lowest BCUT2D eigenvalue weighted by atomic mass is 10.2. The first-order valence-electron chi connectivity index (χ1n) is 7.36. The van der Waals surface area contributed by atoms with E-state index in [2.05, 4.69) is 16.4 Å². The van der Waals surface area contributed by atoms with Gasteiger partial charge in [-0.1, -0.05) is 6.07 Å². The molecule has 2 rings (SSSR count). The number of nitrogens with zero attached hydrogens (tertiary/aromatic N) is 1. The SMILES string of the molecule is CSCC[C@H](N)C(=O)Nc1ccc(SCc2cccnc2)cc1. The second-order valence-corrected chi connectivity index (χ2v) is 7.09. The molecule has 23 heavy (non-hydrogen) atoms. The van der Waals surface area contributed by atoms with Gasteiger partial charge in [0.2, 0.25) is 5.91 Å². The van der Waals surface area contributed by atoms with Gasteiger partial charge in [0, 0.05) is 28.7 Å². The normalized spacial score (nSPS) is 11.9. The molecule has 0 spiro atoms. The molecule has 4 nitrogen and oxygen atoms in total. The number of hydrogen-bond acceptors (Lipinski definition) is 5. The van der Waals surface area contributed by atoms with Gasteiger partial charge in [-0.3, -0.25) is 9.78 Å². The zero-order chi connectivity index (χ0) is 16.5. The molecule has 0 saturated carbocycles. The minimum Gasteiger partial charge on any atom is -0.325 e. The number of thioether (sulfide) groups is 2. The Morgan fingerprint density at radius 1 is 1.30 bits per heavy atom. The summed E-state index contributed by atoms with van der Waals surface area (Å²) in [6, 6.07) is 11.4. The molecule has 0 fully saturated rings. The number of nitrogens with two attached hydrogens (primary N) is 1. The van der Waals surface area contributed by atoms with E-state index in [9.17, 15) is 4.79 Å². The monoisotopic (exact) mass is 347 g/mol. The molecule has 0 unspecified atom stereocenters. The van der Waals surface area contributed by atoms with Crippen LogP contribution in [0.5, 0.6) is 0 Å². The molecule has 0 aliphatic heterocycles. The van der Waals surface area contributed by atoms with E-state index < -0.39 is 6.04 Å². The van der Waals surface area contributed by atoms with Crippen LogP contribution in [0.3, 0.4) is 0 Å². The van der Waals surface area contributed by atoms with E-state index in [4.69, 9.17) is 5.73 Å². The number of rotatable bonds is 8. The van der Waals surface area contributed by atoms with Crippen molar-refractivity contribution < 1.29 is 4.79 Å². The average Bonchev–Trinajstić information content (AvgIpc) is 2.60. The fourth-order valence-electron chi connectivity index (χ4n) is 1.90. The molecular weight excluding hydrogens is 326 g/mol. The van der Waals surface area contributed by atoms with Gasteiger partial charge in [0.05, 0.1) is 6.04 Å². The van der Waals surface area contributed by atoms with Gasteiger partial charge >= 0.3 is 0 Å². The first kappa shape index (κ1) is 17.8. The lowest BCUT2D eigenvalue weighted by molar-refractivity contribution is -0.117. The summed E-state index contributed by atoms with van der Waals surface area (Å²) in [5, 5.41) is 2.86. The Hall–Kier alpha value is -1.50. The zero-order valence-corrected chi connectivity index (χ0v) is 14.7. The predicted molar refractivity (Wildman–Crippen MR) is 99.8 cm³/mol. The first-order valence-corrected chi connectivity index (χ1v) is 9.74. The van der Waals surface area contributed by atoms with Crippen molar-refractivity contribution in [3.05, 3.63) is 54.4 Å². The van der Waals surface area contributed by atoms with Crippen LogP contribution in [0.4, 0.5) is 5.69 Å². The fourth-order valence-corrected chi connectivity index (χ4v) is 3.22. The van der Waals surface area contributed by atoms with Crippen LogP contribution in [-0.2, 0) is 10.5 Å². The number of carbonyl (C=O) groups excluding carboxylic acids is 1. The van der Waals surface area contributed by atoms with Gasteiger partial charge < -0.3 is 11.1 Å². The van der Waals surface area contributed by atoms with Crippen LogP contribution in [0.15, 0.2) is 53.7 Å². The van der Waals surface area contributed by atoms with Gasteiger partial charge in [-0.2, -0.15) is 11.8 Å². The van der Waals surface area contributed by atoms with Gasteiger partial charge in [-0.25, -0.2) is 0 Å². The Morgan fingerprint density at radius 3 is 2.74 bits per heavy atom. The van der Waals surface area contributed by atoms with E-state index in [1.807, 2.05) is 42.8 Å². The minimum atomic E-state index is -0.456. The van der Waals surface area contributed by atoms with Gasteiger partial charge in [0.25, 0.3) is 0 Å². The number of nitrogens with one attached hydrogen (secondary N) is 1. The second-order valence-electron chi connectivity index (χ2n) is 5.05. The molecule has 1 heterocycles. The van der Waals surface area contributed by atoms with Crippen LogP contribution in [0.1, 0.15) is 12.0 Å². The molecule has 0 aliphatic carbocycles. The van der Waals surface area contributed by atoms with Crippen LogP contribution >= 0.6 is 23.5 Å². The minimum absolute atomic E-state index is 0.130. The first-order chi connectivity index (χ1) is 11.2. The van der Waals surface area contributed by atoms with Gasteiger partial charge in [0.1, 0.15) is 0 Å². The highest BCUT2D eigenvalue weighted by Crippen LogP contribution is 2.24. The Kier molecular flexibility index (Phi) is 7.45. The molecule has 2 aromatic rings. The Morgan fingerprint density at radius 2 is 2.09 bits per heavy atom. The van der Waals surface area contributed by atoms with Crippen LogP contribution in [0.25, 0.3) is 0 Å². The van der Waals surface area contributed by atoms with Crippen molar-refractivity contribution in [3.8, 4) is 0 Å². The molecule has 1 atom stereocenters. The summed E-state index contributed by atoms with van der Waals surface area (Å²) >= 11 is 3.43. The summed E-state index contributed by atoms with van der Waals surface area (Å²) < 4.78 is 0. The van der Waals surface area contributed by atoms with Crippen molar-refractivity contribution in [2.75, 3.05) is 17.3 Å². The third-order valence-corrected chi connectivity index (χ3v) is 4.95. The maximum Gasteiger partial charge on any atom is 0.241 e. The molecule has 0 bridgehead atoms. The third-order valence-electron chi connectivity index (χ3n) is 3.22. The van der Waals surface area contributed by atoms with E-state index in [0.717, 1.165) is 22.1 Å². The average molecular weight is 348 g/mol. The number of carbonyl (C=O) groups is 1. The number of amides is 1. The summed E-state index contributed by atoms with van der Waals surface area (Å²) in [7, 11) is 0. The summed E-state index contributed by atoms with van der Waals surface area (Å²) in [4.78, 5) is 17.2. The van der Waals surface area contributed by atoms with Crippen LogP contribution in [0, 0.1) is 0 Å². The van der Waals surface area contributed by atoms with Gasteiger partial charge in [-0.05, 0) is 54.3 Å². The third kappa shape index (κ3) is 6.25. The van der Waals surface area contributed by atoms with Gasteiger partial charge in [0.15, 0.2) is 0 Å². The van der Waals surface area contributed by atoms with Gasteiger partial charge in [-0.15, -0.1) is 11.8 Å². The smallest absolute Gasteiger partial charge is 0.241 e. The molecule has 0 radical (unpaired) electrons. The van der Waals surface area contributed by atoms with Crippen molar-refractivity contribution in [1.82, 2.24) is 4.98 Å². The lowest BCUT2D eigenvalue weighted by Crippen LogP contribution is -2.36. The van der Waals surface area contributed by atoms with Crippen LogP contribution < -0.4 is 11.1 Å². The molecule has 0 aliphatic rings. The maximum absolute atomic E-state index is 12.0. The zero-order valence-electron chi connectivity index (χ0n) is 13.1. The van der Waals surface area contributed by atoms with E-state index in [1.165, 1.54) is 5.56 Å². The maximum atomic E-state index is 12.0. The molecule has 122 valence electrons. The summed E-state index contributed by atoms with van der Waals surface area (Å²) in [5.74, 6) is 1.63. The second kappa shape index (κ2) is 9.60. The largest absolute Gasteiger partial charge is 0.325 e. The number of aromatic nitrogens is 1. The highest BCUT2D eigenvalue weighted by molar-refractivity contribution is 7.98. The quantitative estimate of drug-likeness (QED) is 0.717. The number of anilines is 1. The Bertz CT molecular complexity index is 605. The van der Waals surface area contributed by atoms with E-state index >= 15 is 0 Å². The highest BCUT2D eigenvalue weighted by atomic mass is 32.2. The molecule has 3 N–H and O–H groups in total. The number of benzene rings is 1. The summed E-state index contributed by atoms with van der Waals surface area (Å²) in [5.41, 5.74) is 7.83. The fraction of sp³-hybridized carbons (Fsp3) is 0.294. The standard InChI is InChI=1S/C17H21N3OS2/c1-22-10-8-16(18)17(21)20-14-4-6-15(7-5-14)23-12-13-3-2-9-19-11-13/h2-7,9,11,16H,8,10,12,18H2,1H3,(H,20,21)/t16-/m0/s1. The van der Waals surface area contributed by atoms with E-state index in [0.29, 0.717) is 6.42 Å². The summed E-state index contributed by atoms with van der Waals surface area (Å²) in [6.07, 6.45) is 6.34. The van der Waals surface area contributed by atoms with Crippen molar-refractivity contribution in [1.29, 1.82) is 0 Å². The van der Waals surface area contributed by atoms with Crippen molar-refractivity contribution >= 4 is 35.1 Å². The highest BCUT2D eigenvalue weighted by Gasteiger charge is 2.12. The number of pyridine rings is 1. The Balaban J connectivity index is 1.83. The number of hydrogen-bond donors (Lipinski definition) is 2. The lowest BCUT2D eigenvalue weighted by Gasteiger charge is -2.12. The molecular formula is C17H21N3OS2. The topological polar surface area (TPSA) is 68.0 Å². The van der Waals surface area contributed by atoms with E-state index in [1.54, 1.807) is 29.7 Å². The molecule has 1 amide bonds. The van der Waals surface area contributed by atoms with Crippen LogP contribution in [-0.4, -0.2) is 28.9 Å². The predicted octanol–water partition coefficient (Wildman–Crippen LogP) is 3.39. The van der Waals surface area contributed by atoms with Crippen LogP contribution in [0.2, 0.25) is 0 Å². The van der Waals surface area contributed by atoms with E-state index in [-0.39, 0.29) is 5.91 Å².